The van der Waals surface area contributed by atoms with E-state index < -0.39 is 16.6 Å². The van der Waals surface area contributed by atoms with E-state index in [9.17, 15) is 8.60 Å². The van der Waals surface area contributed by atoms with Gasteiger partial charge in [0, 0.05) is 16.2 Å². The fraction of sp³-hybridized carbons (Fsp3) is 0.500. The summed E-state index contributed by atoms with van der Waals surface area (Å²) < 4.78 is 25.3. The molecule has 2 rings (SSSR count). The van der Waals surface area contributed by atoms with Crippen LogP contribution in [-0.4, -0.2) is 15.5 Å². The molecule has 3 unspecified atom stereocenters. The van der Waals surface area contributed by atoms with Gasteiger partial charge >= 0.3 is 0 Å². The molecule has 17 heavy (non-hydrogen) atoms. The topological polar surface area (TPSA) is 43.1 Å². The summed E-state index contributed by atoms with van der Waals surface area (Å²) in [5.74, 6) is -0.479. The maximum Gasteiger partial charge on any atom is 0.141 e. The predicted octanol–water partition coefficient (Wildman–Crippen LogP) is 2.86. The molecule has 1 aliphatic rings. The normalized spacial score (nSPS) is 26.8. The van der Waals surface area contributed by atoms with Gasteiger partial charge in [-0.15, -0.1) is 0 Å². The van der Waals surface area contributed by atoms with Crippen molar-refractivity contribution >= 4 is 22.4 Å². The first-order chi connectivity index (χ1) is 8.08. The summed E-state index contributed by atoms with van der Waals surface area (Å²) in [6.45, 7) is 0. The highest BCUT2D eigenvalue weighted by molar-refractivity contribution is 7.85. The van der Waals surface area contributed by atoms with Crippen molar-refractivity contribution < 1.29 is 8.60 Å². The van der Waals surface area contributed by atoms with E-state index in [2.05, 4.69) is 0 Å². The number of nitrogens with two attached hydrogens (primary N) is 1. The fourth-order valence-corrected chi connectivity index (χ4v) is 4.04. The van der Waals surface area contributed by atoms with E-state index in [0.717, 1.165) is 25.7 Å². The van der Waals surface area contributed by atoms with Gasteiger partial charge < -0.3 is 5.73 Å². The molecule has 2 N–H and O–H groups in total. The summed E-state index contributed by atoms with van der Waals surface area (Å²) in [6, 6.07) is 4.39. The molecule has 3 atom stereocenters. The first kappa shape index (κ1) is 13.0. The van der Waals surface area contributed by atoms with Crippen LogP contribution in [0.25, 0.3) is 0 Å². The molecule has 1 saturated carbocycles. The highest BCUT2D eigenvalue weighted by Crippen LogP contribution is 2.27. The summed E-state index contributed by atoms with van der Waals surface area (Å²) >= 11 is 5.69. The number of halogens is 2. The van der Waals surface area contributed by atoms with E-state index in [1.807, 2.05) is 0 Å². The van der Waals surface area contributed by atoms with Gasteiger partial charge in [-0.3, -0.25) is 4.21 Å². The van der Waals surface area contributed by atoms with E-state index in [4.69, 9.17) is 17.3 Å². The van der Waals surface area contributed by atoms with Crippen molar-refractivity contribution in [3.05, 3.63) is 29.0 Å². The van der Waals surface area contributed by atoms with Crippen LogP contribution in [0.15, 0.2) is 23.1 Å². The number of benzene rings is 1. The minimum atomic E-state index is -1.14. The van der Waals surface area contributed by atoms with Gasteiger partial charge in [0.1, 0.15) is 5.82 Å². The molecule has 1 aromatic carbocycles. The highest BCUT2D eigenvalue weighted by atomic mass is 35.5. The van der Waals surface area contributed by atoms with Gasteiger partial charge in [0.25, 0.3) is 0 Å². The minimum absolute atomic E-state index is 0.0240. The van der Waals surface area contributed by atoms with E-state index in [0.29, 0.717) is 4.90 Å². The van der Waals surface area contributed by atoms with Crippen LogP contribution in [0.4, 0.5) is 4.39 Å². The lowest BCUT2D eigenvalue weighted by Gasteiger charge is -2.25. The van der Waals surface area contributed by atoms with Crippen LogP contribution >= 0.6 is 11.6 Å². The maximum atomic E-state index is 13.0. The molecule has 94 valence electrons. The van der Waals surface area contributed by atoms with Crippen LogP contribution in [0.1, 0.15) is 25.7 Å². The monoisotopic (exact) mass is 275 g/mol. The van der Waals surface area contributed by atoms with Crippen LogP contribution < -0.4 is 5.73 Å². The molecule has 0 saturated heterocycles. The maximum absolute atomic E-state index is 13.0. The molecular formula is C12H15ClFNOS. The molecule has 5 heteroatoms. The zero-order valence-corrected chi connectivity index (χ0v) is 10.9. The molecule has 0 bridgehead atoms. The zero-order chi connectivity index (χ0) is 12.4. The Morgan fingerprint density at radius 2 is 2.18 bits per heavy atom. The summed E-state index contributed by atoms with van der Waals surface area (Å²) in [7, 11) is -1.14. The molecule has 0 heterocycles. The molecule has 1 aromatic rings. The number of rotatable bonds is 2. The third kappa shape index (κ3) is 3.06. The van der Waals surface area contributed by atoms with E-state index >= 15 is 0 Å². The Kier molecular flexibility index (Phi) is 4.17. The average Bonchev–Trinajstić information content (AvgIpc) is 2.32. The molecule has 0 amide bonds. The first-order valence-electron chi connectivity index (χ1n) is 5.69. The molecule has 0 radical (unpaired) electrons. The lowest BCUT2D eigenvalue weighted by Crippen LogP contribution is -2.33. The lowest BCUT2D eigenvalue weighted by atomic mass is 9.96. The lowest BCUT2D eigenvalue weighted by molar-refractivity contribution is 0.444. The van der Waals surface area contributed by atoms with Crippen LogP contribution in [0.5, 0.6) is 0 Å². The first-order valence-corrected chi connectivity index (χ1v) is 7.28. The molecule has 2 nitrogen and oxygen atoms in total. The Balaban J connectivity index is 2.15. The van der Waals surface area contributed by atoms with Crippen LogP contribution in [0.2, 0.25) is 5.02 Å². The smallest absolute Gasteiger partial charge is 0.141 e. The largest absolute Gasteiger partial charge is 0.328 e. The summed E-state index contributed by atoms with van der Waals surface area (Å²) in [4.78, 5) is 0.593. The van der Waals surface area contributed by atoms with Crippen molar-refractivity contribution in [1.29, 1.82) is 0 Å². The van der Waals surface area contributed by atoms with E-state index in [-0.39, 0.29) is 16.3 Å². The Bertz CT molecular complexity index is 441. The van der Waals surface area contributed by atoms with Gasteiger partial charge in [0.2, 0.25) is 0 Å². The fourth-order valence-electron chi connectivity index (χ4n) is 2.17. The SMILES string of the molecule is NC1CCCC(S(=O)c2ccc(F)c(Cl)c2)C1. The van der Waals surface area contributed by atoms with Gasteiger partial charge in [-0.1, -0.05) is 18.0 Å². The van der Waals surface area contributed by atoms with E-state index in [1.54, 1.807) is 0 Å². The molecule has 0 aromatic heterocycles. The van der Waals surface area contributed by atoms with Crippen molar-refractivity contribution in [2.24, 2.45) is 5.73 Å². The molecule has 1 fully saturated rings. The Morgan fingerprint density at radius 1 is 1.41 bits per heavy atom. The summed E-state index contributed by atoms with van der Waals surface area (Å²) in [6.07, 6.45) is 3.68. The van der Waals surface area contributed by atoms with Crippen molar-refractivity contribution in [3.8, 4) is 0 Å². The number of hydrogen-bond donors (Lipinski definition) is 1. The highest BCUT2D eigenvalue weighted by Gasteiger charge is 2.25. The van der Waals surface area contributed by atoms with Crippen molar-refractivity contribution in [1.82, 2.24) is 0 Å². The van der Waals surface area contributed by atoms with Gasteiger partial charge in [-0.25, -0.2) is 4.39 Å². The average molecular weight is 276 g/mol. The van der Waals surface area contributed by atoms with Crippen LogP contribution in [0.3, 0.4) is 0 Å². The van der Waals surface area contributed by atoms with Gasteiger partial charge in [0.15, 0.2) is 0 Å². The number of hydrogen-bond acceptors (Lipinski definition) is 2. The Hall–Kier alpha value is -0.450. The molecule has 0 aliphatic heterocycles. The molecular weight excluding hydrogens is 261 g/mol. The Morgan fingerprint density at radius 3 is 2.82 bits per heavy atom. The molecule has 0 spiro atoms. The van der Waals surface area contributed by atoms with Crippen molar-refractivity contribution in [2.45, 2.75) is 41.9 Å². The second-order valence-electron chi connectivity index (χ2n) is 4.42. The van der Waals surface area contributed by atoms with Gasteiger partial charge in [0.05, 0.1) is 15.8 Å². The third-order valence-corrected chi connectivity index (χ3v) is 5.13. The van der Waals surface area contributed by atoms with Crippen LogP contribution in [0, 0.1) is 5.82 Å². The Labute approximate surface area is 108 Å². The third-order valence-electron chi connectivity index (χ3n) is 3.09. The second-order valence-corrected chi connectivity index (χ2v) is 6.56. The molecule has 1 aliphatic carbocycles. The summed E-state index contributed by atoms with van der Waals surface area (Å²) in [5, 5.41) is 0.0937. The van der Waals surface area contributed by atoms with Crippen molar-refractivity contribution in [2.75, 3.05) is 0 Å². The van der Waals surface area contributed by atoms with Gasteiger partial charge in [-0.2, -0.15) is 0 Å². The predicted molar refractivity (Wildman–Crippen MR) is 68.0 cm³/mol. The van der Waals surface area contributed by atoms with Crippen molar-refractivity contribution in [3.63, 3.8) is 0 Å². The second kappa shape index (κ2) is 5.46. The standard InChI is InChI=1S/C12H15ClFNOS/c13-11-7-10(4-5-12(11)14)17(16)9-3-1-2-8(15)6-9/h4-5,7-9H,1-3,6,15H2. The zero-order valence-electron chi connectivity index (χ0n) is 9.36. The quantitative estimate of drug-likeness (QED) is 0.902. The van der Waals surface area contributed by atoms with E-state index in [1.165, 1.54) is 18.2 Å². The summed E-state index contributed by atoms with van der Waals surface area (Å²) in [5.41, 5.74) is 5.87. The van der Waals surface area contributed by atoms with Crippen LogP contribution in [-0.2, 0) is 10.8 Å². The minimum Gasteiger partial charge on any atom is -0.328 e. The van der Waals surface area contributed by atoms with Gasteiger partial charge in [-0.05, 0) is 37.5 Å².